The average Bonchev–Trinajstić information content (AvgIpc) is 3.14. The molecule has 0 unspecified atom stereocenters. The van der Waals surface area contributed by atoms with Gasteiger partial charge in [-0.25, -0.2) is 4.98 Å². The topological polar surface area (TPSA) is 79.9 Å². The number of amides is 1. The van der Waals surface area contributed by atoms with E-state index in [1.54, 1.807) is 54.5 Å². The van der Waals surface area contributed by atoms with Crippen molar-refractivity contribution in [1.82, 2.24) is 20.3 Å². The van der Waals surface area contributed by atoms with Crippen molar-refractivity contribution in [3.63, 3.8) is 0 Å². The van der Waals surface area contributed by atoms with E-state index in [2.05, 4.69) is 20.3 Å². The number of H-pyrrole nitrogens is 1. The van der Waals surface area contributed by atoms with E-state index in [0.29, 0.717) is 34.4 Å². The normalized spacial score (nSPS) is 10.8. The summed E-state index contributed by atoms with van der Waals surface area (Å²) in [6, 6.07) is 16.2. The largest absolute Gasteiger partial charge is 0.456 e. The van der Waals surface area contributed by atoms with Crippen molar-refractivity contribution >= 4 is 40.3 Å². The first-order chi connectivity index (χ1) is 14.2. The molecule has 0 atom stereocenters. The molecule has 0 radical (unpaired) electrons. The Kier molecular flexibility index (Phi) is 5.97. The number of nitrogens with zero attached hydrogens (tertiary/aromatic N) is 2. The molecule has 1 amide bonds. The highest BCUT2D eigenvalue weighted by atomic mass is 35.5. The molecule has 0 bridgehead atoms. The summed E-state index contributed by atoms with van der Waals surface area (Å²) >= 11 is 7.52. The van der Waals surface area contributed by atoms with Crippen LogP contribution in [0.1, 0.15) is 10.4 Å². The van der Waals surface area contributed by atoms with Gasteiger partial charge < -0.3 is 15.0 Å². The monoisotopic (exact) mass is 424 g/mol. The van der Waals surface area contributed by atoms with E-state index in [1.807, 2.05) is 24.3 Å². The van der Waals surface area contributed by atoms with Gasteiger partial charge in [-0.15, -0.1) is 0 Å². The van der Waals surface area contributed by atoms with Crippen molar-refractivity contribution in [2.45, 2.75) is 5.16 Å². The number of hydrogen-bond donors (Lipinski definition) is 2. The van der Waals surface area contributed by atoms with Gasteiger partial charge in [0.15, 0.2) is 5.16 Å². The van der Waals surface area contributed by atoms with Crippen molar-refractivity contribution in [3.05, 3.63) is 77.6 Å². The highest BCUT2D eigenvalue weighted by molar-refractivity contribution is 7.99. The number of aromatic amines is 1. The highest BCUT2D eigenvalue weighted by Gasteiger charge is 2.07. The number of carbonyl (C=O) groups excluding carboxylic acids is 1. The van der Waals surface area contributed by atoms with E-state index in [1.165, 1.54) is 0 Å². The molecule has 6 nitrogen and oxygen atoms in total. The Morgan fingerprint density at radius 1 is 1.14 bits per heavy atom. The molecule has 29 heavy (non-hydrogen) atoms. The maximum Gasteiger partial charge on any atom is 0.251 e. The molecule has 0 aliphatic rings. The number of nitrogens with one attached hydrogen (secondary N) is 2. The van der Waals surface area contributed by atoms with Gasteiger partial charge in [-0.05, 0) is 54.6 Å². The second-order valence-electron chi connectivity index (χ2n) is 6.12. The molecular weight excluding hydrogens is 408 g/mol. The van der Waals surface area contributed by atoms with Crippen LogP contribution in [0.5, 0.6) is 11.5 Å². The summed E-state index contributed by atoms with van der Waals surface area (Å²) in [4.78, 5) is 24.0. The van der Waals surface area contributed by atoms with Crippen molar-refractivity contribution in [2.75, 3.05) is 12.3 Å². The SMILES string of the molecule is O=C(NCCSc1nc2cc(Cl)ccc2[nH]1)c1ccc(Oc2cccnc2)cc1. The Hall–Kier alpha value is -3.03. The summed E-state index contributed by atoms with van der Waals surface area (Å²) in [5.41, 5.74) is 2.35. The fourth-order valence-corrected chi connectivity index (χ4v) is 3.56. The van der Waals surface area contributed by atoms with Crippen LogP contribution in [0.2, 0.25) is 5.02 Å². The third kappa shape index (κ3) is 5.07. The summed E-state index contributed by atoms with van der Waals surface area (Å²) in [6.07, 6.45) is 3.32. The first kappa shape index (κ1) is 19.3. The number of ether oxygens (including phenoxy) is 1. The van der Waals surface area contributed by atoms with E-state index in [0.717, 1.165) is 16.2 Å². The van der Waals surface area contributed by atoms with Crippen molar-refractivity contribution in [1.29, 1.82) is 0 Å². The van der Waals surface area contributed by atoms with Gasteiger partial charge in [0.1, 0.15) is 11.5 Å². The maximum atomic E-state index is 12.3. The minimum absolute atomic E-state index is 0.130. The molecule has 0 aliphatic heterocycles. The van der Waals surface area contributed by atoms with Crippen LogP contribution in [0.4, 0.5) is 0 Å². The minimum Gasteiger partial charge on any atom is -0.456 e. The molecule has 2 aromatic heterocycles. The molecule has 4 aromatic rings. The number of hydrogen-bond acceptors (Lipinski definition) is 5. The summed E-state index contributed by atoms with van der Waals surface area (Å²) in [6.45, 7) is 0.523. The van der Waals surface area contributed by atoms with E-state index in [-0.39, 0.29) is 5.91 Å². The van der Waals surface area contributed by atoms with Crippen LogP contribution in [0, 0.1) is 0 Å². The Labute approximate surface area is 176 Å². The van der Waals surface area contributed by atoms with Crippen molar-refractivity contribution < 1.29 is 9.53 Å². The smallest absolute Gasteiger partial charge is 0.251 e. The zero-order valence-electron chi connectivity index (χ0n) is 15.3. The molecule has 0 spiro atoms. The first-order valence-corrected chi connectivity index (χ1v) is 10.3. The highest BCUT2D eigenvalue weighted by Crippen LogP contribution is 2.22. The van der Waals surface area contributed by atoms with Gasteiger partial charge in [0.05, 0.1) is 17.2 Å². The van der Waals surface area contributed by atoms with Gasteiger partial charge in [-0.2, -0.15) is 0 Å². The van der Waals surface area contributed by atoms with Gasteiger partial charge in [-0.3, -0.25) is 9.78 Å². The summed E-state index contributed by atoms with van der Waals surface area (Å²) in [5.74, 6) is 1.86. The number of thioether (sulfide) groups is 1. The molecule has 0 aliphatic carbocycles. The minimum atomic E-state index is -0.130. The number of imidazole rings is 1. The van der Waals surface area contributed by atoms with Gasteiger partial charge in [0, 0.05) is 29.1 Å². The number of carbonyl (C=O) groups is 1. The Morgan fingerprint density at radius 3 is 2.79 bits per heavy atom. The van der Waals surface area contributed by atoms with Crippen molar-refractivity contribution in [3.8, 4) is 11.5 Å². The van der Waals surface area contributed by atoms with Crippen molar-refractivity contribution in [2.24, 2.45) is 0 Å². The van der Waals surface area contributed by atoms with E-state index in [4.69, 9.17) is 16.3 Å². The van der Waals surface area contributed by atoms with Crippen LogP contribution in [0.25, 0.3) is 11.0 Å². The quantitative estimate of drug-likeness (QED) is 0.325. The molecule has 0 fully saturated rings. The number of rotatable bonds is 7. The average molecular weight is 425 g/mol. The van der Waals surface area contributed by atoms with Crippen LogP contribution in [0.3, 0.4) is 0 Å². The van der Waals surface area contributed by atoms with Gasteiger partial charge in [0.25, 0.3) is 5.91 Å². The second kappa shape index (κ2) is 8.98. The molecule has 0 saturated heterocycles. The molecular formula is C21H17ClN4O2S. The number of halogens is 1. The fraction of sp³-hybridized carbons (Fsp3) is 0.0952. The molecule has 4 rings (SSSR count). The molecule has 146 valence electrons. The van der Waals surface area contributed by atoms with Gasteiger partial charge >= 0.3 is 0 Å². The number of fused-ring (bicyclic) bond motifs is 1. The Bertz CT molecular complexity index is 1120. The van der Waals surface area contributed by atoms with Crippen LogP contribution >= 0.6 is 23.4 Å². The molecule has 2 N–H and O–H groups in total. The van der Waals surface area contributed by atoms with Gasteiger partial charge in [0.2, 0.25) is 0 Å². The lowest BCUT2D eigenvalue weighted by molar-refractivity contribution is 0.0956. The molecule has 2 heterocycles. The van der Waals surface area contributed by atoms with Crippen LogP contribution < -0.4 is 10.1 Å². The standard InChI is InChI=1S/C21H17ClN4O2S/c22-15-5-8-18-19(12-15)26-21(25-18)29-11-10-24-20(27)14-3-6-16(7-4-14)28-17-2-1-9-23-13-17/h1-9,12-13H,10-11H2,(H,24,27)(H,25,26). The second-order valence-corrected chi connectivity index (χ2v) is 7.64. The summed E-state index contributed by atoms with van der Waals surface area (Å²) in [7, 11) is 0. The predicted molar refractivity (Wildman–Crippen MR) is 115 cm³/mol. The van der Waals surface area contributed by atoms with Crippen LogP contribution in [0.15, 0.2) is 72.1 Å². The zero-order valence-corrected chi connectivity index (χ0v) is 16.8. The summed E-state index contributed by atoms with van der Waals surface area (Å²) < 4.78 is 5.68. The summed E-state index contributed by atoms with van der Waals surface area (Å²) in [5, 5.41) is 4.36. The lowest BCUT2D eigenvalue weighted by Gasteiger charge is -2.07. The fourth-order valence-electron chi connectivity index (χ4n) is 2.66. The Morgan fingerprint density at radius 2 is 2.00 bits per heavy atom. The van der Waals surface area contributed by atoms with Crippen LogP contribution in [-0.4, -0.2) is 33.2 Å². The molecule has 0 saturated carbocycles. The third-order valence-electron chi connectivity index (χ3n) is 4.04. The third-order valence-corrected chi connectivity index (χ3v) is 5.15. The number of benzene rings is 2. The van der Waals surface area contributed by atoms with Gasteiger partial charge in [-0.1, -0.05) is 23.4 Å². The maximum absolute atomic E-state index is 12.3. The molecule has 8 heteroatoms. The van der Waals surface area contributed by atoms with Crippen LogP contribution in [-0.2, 0) is 0 Å². The van der Waals surface area contributed by atoms with E-state index in [9.17, 15) is 4.79 Å². The van der Waals surface area contributed by atoms with E-state index < -0.39 is 0 Å². The number of pyridine rings is 1. The predicted octanol–water partition coefficient (Wildman–Crippen LogP) is 4.93. The first-order valence-electron chi connectivity index (χ1n) is 8.91. The molecule has 2 aromatic carbocycles. The van der Waals surface area contributed by atoms with E-state index >= 15 is 0 Å². The number of aromatic nitrogens is 3. The lowest BCUT2D eigenvalue weighted by atomic mass is 10.2. The zero-order chi connectivity index (χ0) is 20.1. The Balaban J connectivity index is 1.25. The lowest BCUT2D eigenvalue weighted by Crippen LogP contribution is -2.25.